The number of piperazine rings is 1. The van der Waals surface area contributed by atoms with Crippen LogP contribution >= 0.6 is 0 Å². The lowest BCUT2D eigenvalue weighted by atomic mass is 9.92. The summed E-state index contributed by atoms with van der Waals surface area (Å²) in [6, 6.07) is 21.2. The lowest BCUT2D eigenvalue weighted by Crippen LogP contribution is -2.56. The molecule has 0 spiro atoms. The van der Waals surface area contributed by atoms with Gasteiger partial charge in [-0.05, 0) is 55.6 Å². The quantitative estimate of drug-likeness (QED) is 0.285. The van der Waals surface area contributed by atoms with Gasteiger partial charge in [-0.1, -0.05) is 49.4 Å². The van der Waals surface area contributed by atoms with Gasteiger partial charge in [-0.3, -0.25) is 4.79 Å². The van der Waals surface area contributed by atoms with Crippen LogP contribution in [0.1, 0.15) is 24.0 Å². The second-order valence-electron chi connectivity index (χ2n) is 10.9. The fourth-order valence-electron chi connectivity index (χ4n) is 5.48. The van der Waals surface area contributed by atoms with Gasteiger partial charge in [-0.2, -0.15) is 0 Å². The summed E-state index contributed by atoms with van der Waals surface area (Å²) in [4.78, 5) is 36.3. The lowest BCUT2D eigenvalue weighted by Gasteiger charge is -2.37. The van der Waals surface area contributed by atoms with Crippen LogP contribution in [-0.2, 0) is 11.3 Å². The van der Waals surface area contributed by atoms with Gasteiger partial charge in [-0.25, -0.2) is 9.18 Å². The first-order valence-electron chi connectivity index (χ1n) is 14.0. The van der Waals surface area contributed by atoms with E-state index in [4.69, 9.17) is 0 Å². The number of fused-ring (bicyclic) bond motifs is 1. The predicted molar refractivity (Wildman–Crippen MR) is 162 cm³/mol. The molecule has 9 heteroatoms. The summed E-state index contributed by atoms with van der Waals surface area (Å²) in [5, 5.41) is 7.08. The van der Waals surface area contributed by atoms with Gasteiger partial charge in [0.2, 0.25) is 5.91 Å². The molecular weight excluding hydrogens is 519 g/mol. The third-order valence-electron chi connectivity index (χ3n) is 7.63. The van der Waals surface area contributed by atoms with E-state index < -0.39 is 6.04 Å². The summed E-state index contributed by atoms with van der Waals surface area (Å²) in [5.41, 5.74) is 4.21. The second-order valence-corrected chi connectivity index (χ2v) is 10.9. The number of rotatable bonds is 8. The zero-order valence-corrected chi connectivity index (χ0v) is 23.7. The molecule has 8 nitrogen and oxygen atoms in total. The Morgan fingerprint density at radius 1 is 0.976 bits per heavy atom. The summed E-state index contributed by atoms with van der Waals surface area (Å²) >= 11 is 0. The number of aromatic amines is 1. The number of H-pyrrole nitrogens is 1. The maximum atomic E-state index is 14.3. The van der Waals surface area contributed by atoms with E-state index in [9.17, 15) is 14.0 Å². The van der Waals surface area contributed by atoms with Gasteiger partial charge in [0.25, 0.3) is 0 Å². The molecule has 1 fully saturated rings. The van der Waals surface area contributed by atoms with Gasteiger partial charge in [-0.15, -0.1) is 0 Å². The van der Waals surface area contributed by atoms with Crippen molar-refractivity contribution >= 4 is 34.2 Å². The molecular formula is C32H37FN6O2. The molecule has 0 unspecified atom stereocenters. The van der Waals surface area contributed by atoms with Gasteiger partial charge >= 0.3 is 6.03 Å². The van der Waals surface area contributed by atoms with Crippen molar-refractivity contribution in [2.75, 3.05) is 50.5 Å². The Labute approximate surface area is 240 Å². The van der Waals surface area contributed by atoms with E-state index >= 15 is 0 Å². The van der Waals surface area contributed by atoms with E-state index in [1.165, 1.54) is 6.07 Å². The van der Waals surface area contributed by atoms with Crippen molar-refractivity contribution in [3.63, 3.8) is 0 Å². The van der Waals surface area contributed by atoms with Crippen LogP contribution in [-0.4, -0.2) is 73.0 Å². The van der Waals surface area contributed by atoms with Crippen molar-refractivity contribution in [3.8, 4) is 0 Å². The van der Waals surface area contributed by atoms with E-state index in [1.807, 2.05) is 86.7 Å². The average molecular weight is 557 g/mol. The van der Waals surface area contributed by atoms with Crippen molar-refractivity contribution in [2.45, 2.75) is 25.4 Å². The van der Waals surface area contributed by atoms with Crippen molar-refractivity contribution in [2.24, 2.45) is 0 Å². The second kappa shape index (κ2) is 12.4. The van der Waals surface area contributed by atoms with Gasteiger partial charge in [0, 0.05) is 61.4 Å². The molecule has 3 N–H and O–H groups in total. The van der Waals surface area contributed by atoms with E-state index in [-0.39, 0.29) is 23.7 Å². The topological polar surface area (TPSA) is 83.7 Å². The number of hydrogen-bond acceptors (Lipinski definition) is 4. The number of aromatic nitrogens is 1. The number of nitrogens with one attached hydrogen (secondary N) is 3. The van der Waals surface area contributed by atoms with E-state index in [1.54, 1.807) is 17.0 Å². The molecule has 1 aromatic heterocycles. The normalized spacial score (nSPS) is 15.1. The fraction of sp³-hybridized carbons (Fsp3) is 0.312. The first-order chi connectivity index (χ1) is 19.8. The smallest absolute Gasteiger partial charge is 0.318 e. The Balaban J connectivity index is 1.34. The van der Waals surface area contributed by atoms with Crippen LogP contribution in [0.15, 0.2) is 79.0 Å². The van der Waals surface area contributed by atoms with Gasteiger partial charge in [0.1, 0.15) is 11.9 Å². The molecule has 3 aromatic carbocycles. The van der Waals surface area contributed by atoms with Crippen LogP contribution in [0.5, 0.6) is 0 Å². The average Bonchev–Trinajstić information content (AvgIpc) is 3.40. The number of nitrogens with zero attached hydrogens (tertiary/aromatic N) is 3. The van der Waals surface area contributed by atoms with Gasteiger partial charge in [0.15, 0.2) is 0 Å². The van der Waals surface area contributed by atoms with Gasteiger partial charge in [0.05, 0.1) is 5.69 Å². The minimum Gasteiger partial charge on any atom is -0.366 e. The summed E-state index contributed by atoms with van der Waals surface area (Å²) in [5.74, 6) is -0.882. The molecule has 0 saturated carbocycles. The summed E-state index contributed by atoms with van der Waals surface area (Å²) in [7, 11) is 3.99. The Morgan fingerprint density at radius 3 is 2.46 bits per heavy atom. The molecule has 0 bridgehead atoms. The van der Waals surface area contributed by atoms with Crippen molar-refractivity contribution in [1.82, 2.24) is 20.1 Å². The largest absolute Gasteiger partial charge is 0.366 e. The number of para-hydroxylation sites is 2. The van der Waals surface area contributed by atoms with Crippen LogP contribution < -0.4 is 15.5 Å². The molecule has 41 heavy (non-hydrogen) atoms. The monoisotopic (exact) mass is 556 g/mol. The number of urea groups is 1. The molecule has 2 atom stereocenters. The maximum absolute atomic E-state index is 14.3. The molecule has 1 saturated heterocycles. The maximum Gasteiger partial charge on any atom is 0.318 e. The number of carbonyl (C=O) groups excluding carboxylic acids is 2. The minimum absolute atomic E-state index is 0.274. The highest BCUT2D eigenvalue weighted by molar-refractivity contribution is 5.98. The third kappa shape index (κ3) is 6.52. The molecule has 0 aliphatic carbocycles. The number of amides is 3. The van der Waals surface area contributed by atoms with Gasteiger partial charge < -0.3 is 30.3 Å². The van der Waals surface area contributed by atoms with Crippen LogP contribution in [0.3, 0.4) is 0 Å². The summed E-state index contributed by atoms with van der Waals surface area (Å²) in [6.07, 6.45) is 1.91. The number of halogens is 1. The van der Waals surface area contributed by atoms with Crippen molar-refractivity contribution in [3.05, 3.63) is 95.9 Å². The fourth-order valence-corrected chi connectivity index (χ4v) is 5.48. The molecule has 1 aliphatic rings. The van der Waals surface area contributed by atoms with Crippen LogP contribution in [0.25, 0.3) is 10.9 Å². The Morgan fingerprint density at radius 2 is 1.71 bits per heavy atom. The number of anilines is 2. The zero-order valence-electron chi connectivity index (χ0n) is 23.7. The highest BCUT2D eigenvalue weighted by Crippen LogP contribution is 2.29. The van der Waals surface area contributed by atoms with Crippen LogP contribution in [0.4, 0.5) is 20.6 Å². The van der Waals surface area contributed by atoms with Crippen molar-refractivity contribution in [1.29, 1.82) is 0 Å². The van der Waals surface area contributed by atoms with Crippen LogP contribution in [0.2, 0.25) is 0 Å². The molecule has 1 aliphatic heterocycles. The Hall–Kier alpha value is -4.37. The third-order valence-corrected chi connectivity index (χ3v) is 7.63. The molecule has 214 valence electrons. The van der Waals surface area contributed by atoms with Crippen LogP contribution in [0, 0.1) is 5.82 Å². The SMILES string of the molecule is C[C@@H](c1c[nH]c2ccccc12)[C@@H](NC(=O)N1CCN(c2ccccc2F)CC1)C(=O)Nc1cccc(CN(C)C)c1. The van der Waals surface area contributed by atoms with E-state index in [0.717, 1.165) is 28.6 Å². The first-order valence-corrected chi connectivity index (χ1v) is 14.0. The summed E-state index contributed by atoms with van der Waals surface area (Å²) < 4.78 is 14.3. The van der Waals surface area contributed by atoms with E-state index in [0.29, 0.717) is 37.6 Å². The number of hydrogen-bond donors (Lipinski definition) is 3. The first kappa shape index (κ1) is 28.2. The van der Waals surface area contributed by atoms with Crippen molar-refractivity contribution < 1.29 is 14.0 Å². The Kier molecular flexibility index (Phi) is 8.54. The zero-order chi connectivity index (χ0) is 28.9. The molecule has 4 aromatic rings. The standard InChI is InChI=1S/C32H37FN6O2/c1-22(26-20-34-28-13-6-4-11-25(26)28)30(31(40)35-24-10-8-9-23(19-24)21-37(2)3)36-32(41)39-17-15-38(16-18-39)29-14-7-5-12-27(29)33/h4-14,19-20,22,30,34H,15-18,21H2,1-3H3,(H,35,40)(H,36,41)/t22-,30+/m0/s1. The predicted octanol–water partition coefficient (Wildman–Crippen LogP) is 5.01. The molecule has 0 radical (unpaired) electrons. The molecule has 3 amide bonds. The lowest BCUT2D eigenvalue weighted by molar-refractivity contribution is -0.118. The highest BCUT2D eigenvalue weighted by Gasteiger charge is 2.32. The molecule has 2 heterocycles. The minimum atomic E-state index is -0.830. The van der Waals surface area contributed by atoms with E-state index in [2.05, 4.69) is 20.5 Å². The highest BCUT2D eigenvalue weighted by atomic mass is 19.1. The number of carbonyl (C=O) groups is 2. The summed E-state index contributed by atoms with van der Waals surface area (Å²) in [6.45, 7) is 4.54. The Bertz CT molecular complexity index is 1510. The number of benzene rings is 3. The molecule has 5 rings (SSSR count).